The number of hydrogen-bond donors (Lipinski definition) is 3. The first-order valence-corrected chi connectivity index (χ1v) is 10.8. The van der Waals surface area contributed by atoms with Crippen molar-refractivity contribution in [3.63, 3.8) is 0 Å². The average molecular weight is 433 g/mol. The molecule has 3 rings (SSSR count). The Balaban J connectivity index is 1.95. The molecule has 1 fully saturated rings. The van der Waals surface area contributed by atoms with Gasteiger partial charge in [0.1, 0.15) is 0 Å². The Labute approximate surface area is 182 Å². The Bertz CT molecular complexity index is 839. The van der Waals surface area contributed by atoms with Gasteiger partial charge in [0.2, 0.25) is 5.91 Å². The van der Waals surface area contributed by atoms with Gasteiger partial charge in [0, 0.05) is 31.5 Å². The topological polar surface area (TPSA) is 125 Å². The minimum absolute atomic E-state index is 0.0566. The van der Waals surface area contributed by atoms with Crippen LogP contribution >= 0.6 is 0 Å². The Morgan fingerprint density at radius 2 is 1.97 bits per heavy atom. The molecule has 170 valence electrons. The Morgan fingerprint density at radius 3 is 2.55 bits per heavy atom. The molecule has 2 atom stereocenters. The fraction of sp³-hybridized carbons (Fsp3) is 0.591. The van der Waals surface area contributed by atoms with Crippen molar-refractivity contribution in [2.75, 3.05) is 36.0 Å². The first kappa shape index (κ1) is 23.0. The highest BCUT2D eigenvalue weighted by molar-refractivity contribution is 6.04. The van der Waals surface area contributed by atoms with Gasteiger partial charge in [-0.15, -0.1) is 0 Å². The molecular formula is C22H32N4O5. The summed E-state index contributed by atoms with van der Waals surface area (Å²) in [5.41, 5.74) is 8.12. The zero-order chi connectivity index (χ0) is 22.7. The summed E-state index contributed by atoms with van der Waals surface area (Å²) in [7, 11) is 0. The van der Waals surface area contributed by atoms with Gasteiger partial charge in [0.05, 0.1) is 30.1 Å². The number of nitrogens with one attached hydrogen (secondary N) is 1. The number of carboxylic acids is 1. The van der Waals surface area contributed by atoms with Crippen LogP contribution in [0.25, 0.3) is 0 Å². The quantitative estimate of drug-likeness (QED) is 0.573. The molecule has 0 bridgehead atoms. The second-order valence-corrected chi connectivity index (χ2v) is 8.58. The molecule has 0 radical (unpaired) electrons. The molecule has 1 aromatic rings. The minimum Gasteiger partial charge on any atom is -0.480 e. The molecule has 9 nitrogen and oxygen atoms in total. The van der Waals surface area contributed by atoms with E-state index in [1.165, 1.54) is 0 Å². The number of carbonyl (C=O) groups excluding carboxylic acids is 2. The summed E-state index contributed by atoms with van der Waals surface area (Å²) in [6.45, 7) is 6.40. The van der Waals surface area contributed by atoms with Crippen molar-refractivity contribution in [1.82, 2.24) is 5.32 Å². The van der Waals surface area contributed by atoms with Gasteiger partial charge < -0.3 is 25.8 Å². The second kappa shape index (κ2) is 9.65. The van der Waals surface area contributed by atoms with Gasteiger partial charge in [-0.2, -0.15) is 0 Å². The lowest BCUT2D eigenvalue weighted by Crippen LogP contribution is -2.52. The molecule has 2 amide bonds. The molecule has 1 aliphatic carbocycles. The predicted molar refractivity (Wildman–Crippen MR) is 117 cm³/mol. The molecule has 0 spiro atoms. The van der Waals surface area contributed by atoms with Crippen LogP contribution in [0, 0.1) is 5.92 Å². The summed E-state index contributed by atoms with van der Waals surface area (Å²) >= 11 is 0. The van der Waals surface area contributed by atoms with E-state index in [0.717, 1.165) is 18.4 Å². The number of aliphatic carboxylic acids is 1. The Hall–Kier alpha value is -2.65. The van der Waals surface area contributed by atoms with Gasteiger partial charge in [-0.1, -0.05) is 6.07 Å². The van der Waals surface area contributed by atoms with Crippen LogP contribution in [-0.4, -0.2) is 61.4 Å². The number of anilines is 2. The minimum atomic E-state index is -0.938. The lowest BCUT2D eigenvalue weighted by Gasteiger charge is -2.41. The zero-order valence-electron chi connectivity index (χ0n) is 18.3. The molecule has 31 heavy (non-hydrogen) atoms. The monoisotopic (exact) mass is 432 g/mol. The molecule has 2 aliphatic rings. The van der Waals surface area contributed by atoms with Crippen molar-refractivity contribution >= 4 is 29.3 Å². The van der Waals surface area contributed by atoms with E-state index in [0.29, 0.717) is 31.0 Å². The van der Waals surface area contributed by atoms with Gasteiger partial charge in [-0.3, -0.25) is 14.5 Å². The van der Waals surface area contributed by atoms with E-state index in [4.69, 9.17) is 15.6 Å². The molecule has 1 unspecified atom stereocenters. The molecule has 4 N–H and O–H groups in total. The maximum Gasteiger partial charge on any atom is 0.414 e. The summed E-state index contributed by atoms with van der Waals surface area (Å²) in [6.07, 6.45) is 1.09. The number of amides is 2. The number of carboxylic acid groups (broad SMARTS) is 1. The van der Waals surface area contributed by atoms with Gasteiger partial charge in [0.15, 0.2) is 0 Å². The number of ether oxygens (including phenoxy) is 1. The Kier molecular flexibility index (Phi) is 7.17. The number of hydrogen-bond acceptors (Lipinski definition) is 6. The maximum atomic E-state index is 13.0. The SMILES string of the molecule is CC(C)OC(=O)N1C[C@H](C)N(C(=O)C2CC2)c2ccc(C(CN)CNCC(=O)O)cc21. The highest BCUT2D eigenvalue weighted by atomic mass is 16.6. The van der Waals surface area contributed by atoms with E-state index in [-0.39, 0.29) is 36.4 Å². The van der Waals surface area contributed by atoms with E-state index in [2.05, 4.69) is 5.32 Å². The van der Waals surface area contributed by atoms with Crippen LogP contribution in [-0.2, 0) is 14.3 Å². The molecular weight excluding hydrogens is 400 g/mol. The van der Waals surface area contributed by atoms with Gasteiger partial charge in [-0.05, 0) is 51.3 Å². The molecule has 9 heteroatoms. The third-order valence-electron chi connectivity index (χ3n) is 5.58. The number of benzene rings is 1. The standard InChI is InChI=1S/C22H32N4O5/c1-13(2)31-22(30)25-12-14(3)26(21(29)15-4-5-15)18-7-6-16(8-19(18)25)17(9-23)10-24-11-20(27)28/h6-8,13-15,17,24H,4-5,9-12,23H2,1-3H3,(H,27,28)/t14-,17?/m0/s1. The fourth-order valence-electron chi connectivity index (χ4n) is 3.89. The van der Waals surface area contributed by atoms with Crippen molar-refractivity contribution < 1.29 is 24.2 Å². The average Bonchev–Trinajstić information content (AvgIpc) is 3.54. The molecule has 0 saturated heterocycles. The normalized spacial score (nSPS) is 19.2. The van der Waals surface area contributed by atoms with Crippen LogP contribution < -0.4 is 20.9 Å². The lowest BCUT2D eigenvalue weighted by molar-refractivity contribution is -0.136. The molecule has 0 aromatic heterocycles. The number of rotatable bonds is 8. The van der Waals surface area contributed by atoms with E-state index < -0.39 is 12.1 Å². The second-order valence-electron chi connectivity index (χ2n) is 8.58. The van der Waals surface area contributed by atoms with Crippen molar-refractivity contribution in [2.45, 2.75) is 51.7 Å². The van der Waals surface area contributed by atoms with Crippen LogP contribution in [0.1, 0.15) is 45.1 Å². The summed E-state index contributed by atoms with van der Waals surface area (Å²) in [5, 5.41) is 11.7. The number of nitrogens with two attached hydrogens (primary N) is 1. The Morgan fingerprint density at radius 1 is 1.26 bits per heavy atom. The third kappa shape index (κ3) is 5.34. The number of carbonyl (C=O) groups is 3. The largest absolute Gasteiger partial charge is 0.480 e. The molecule has 1 aliphatic heterocycles. The summed E-state index contributed by atoms with van der Waals surface area (Å²) in [5.74, 6) is -0.926. The van der Waals surface area contributed by atoms with Crippen molar-refractivity contribution in [2.24, 2.45) is 11.7 Å². The lowest BCUT2D eigenvalue weighted by atomic mass is 9.96. The maximum absolute atomic E-state index is 13.0. The van der Waals surface area contributed by atoms with Crippen LogP contribution in [0.2, 0.25) is 0 Å². The zero-order valence-corrected chi connectivity index (χ0v) is 18.3. The van der Waals surface area contributed by atoms with Crippen LogP contribution in [0.5, 0.6) is 0 Å². The summed E-state index contributed by atoms with van der Waals surface area (Å²) < 4.78 is 5.45. The molecule has 1 heterocycles. The van der Waals surface area contributed by atoms with E-state index >= 15 is 0 Å². The summed E-state index contributed by atoms with van der Waals surface area (Å²) in [6, 6.07) is 5.45. The van der Waals surface area contributed by atoms with Gasteiger partial charge in [-0.25, -0.2) is 4.79 Å². The van der Waals surface area contributed by atoms with Crippen molar-refractivity contribution in [1.29, 1.82) is 0 Å². The molecule has 1 aromatic carbocycles. The first-order chi connectivity index (χ1) is 14.7. The smallest absolute Gasteiger partial charge is 0.414 e. The van der Waals surface area contributed by atoms with Crippen LogP contribution in [0.15, 0.2) is 18.2 Å². The number of fused-ring (bicyclic) bond motifs is 1. The van der Waals surface area contributed by atoms with Gasteiger partial charge >= 0.3 is 12.1 Å². The van der Waals surface area contributed by atoms with E-state index in [1.54, 1.807) is 23.6 Å². The fourth-order valence-corrected chi connectivity index (χ4v) is 3.89. The van der Waals surface area contributed by atoms with E-state index in [1.807, 2.05) is 25.1 Å². The van der Waals surface area contributed by atoms with Crippen molar-refractivity contribution in [3.05, 3.63) is 23.8 Å². The third-order valence-corrected chi connectivity index (χ3v) is 5.58. The number of nitrogens with zero attached hydrogens (tertiary/aromatic N) is 2. The predicted octanol–water partition coefficient (Wildman–Crippen LogP) is 1.90. The highest BCUT2D eigenvalue weighted by Gasteiger charge is 2.41. The van der Waals surface area contributed by atoms with Gasteiger partial charge in [0.25, 0.3) is 0 Å². The van der Waals surface area contributed by atoms with Crippen LogP contribution in [0.4, 0.5) is 16.2 Å². The molecule has 1 saturated carbocycles. The first-order valence-electron chi connectivity index (χ1n) is 10.8. The van der Waals surface area contributed by atoms with E-state index in [9.17, 15) is 14.4 Å². The summed E-state index contributed by atoms with van der Waals surface area (Å²) in [4.78, 5) is 40.0. The highest BCUT2D eigenvalue weighted by Crippen LogP contribution is 2.41. The van der Waals surface area contributed by atoms with Crippen LogP contribution in [0.3, 0.4) is 0 Å². The van der Waals surface area contributed by atoms with Crippen molar-refractivity contribution in [3.8, 4) is 0 Å².